The Morgan fingerprint density at radius 2 is 2.09 bits per heavy atom. The Labute approximate surface area is 133 Å². The van der Waals surface area contributed by atoms with Crippen LogP contribution in [-0.2, 0) is 4.74 Å². The summed E-state index contributed by atoms with van der Waals surface area (Å²) in [7, 11) is 0. The molecule has 0 spiro atoms. The van der Waals surface area contributed by atoms with Gasteiger partial charge in [-0.1, -0.05) is 11.8 Å². The van der Waals surface area contributed by atoms with Gasteiger partial charge in [-0.2, -0.15) is 0 Å². The third-order valence-corrected chi connectivity index (χ3v) is 4.33. The first-order chi connectivity index (χ1) is 11.0. The largest absolute Gasteiger partial charge is 0.394 e. The quantitative estimate of drug-likeness (QED) is 0.309. The van der Waals surface area contributed by atoms with Gasteiger partial charge in [0.05, 0.1) is 12.9 Å². The summed E-state index contributed by atoms with van der Waals surface area (Å²) in [5.74, 6) is 0. The Kier molecular flexibility index (Phi) is 4.40. The number of imidazole rings is 1. The number of hydrogen-bond donors (Lipinski definition) is 5. The van der Waals surface area contributed by atoms with Crippen molar-refractivity contribution in [1.29, 1.82) is 0 Å². The topological polar surface area (TPSA) is 154 Å². The summed E-state index contributed by atoms with van der Waals surface area (Å²) in [6.07, 6.45) is -3.69. The predicted octanol–water partition coefficient (Wildman–Crippen LogP) is -2.19. The fourth-order valence-electron chi connectivity index (χ4n) is 2.50. The number of aliphatic hydroxyl groups is 4. The molecule has 0 bridgehead atoms. The zero-order chi connectivity index (χ0) is 16.7. The van der Waals surface area contributed by atoms with Gasteiger partial charge in [0.25, 0.3) is 5.56 Å². The fraction of sp³-hybridized carbons (Fsp3) is 0.583. The third-order valence-electron chi connectivity index (χ3n) is 3.75. The molecule has 5 atom stereocenters. The lowest BCUT2D eigenvalue weighted by Crippen LogP contribution is -2.56. The molecule has 23 heavy (non-hydrogen) atoms. The summed E-state index contributed by atoms with van der Waals surface area (Å²) < 4.78 is 6.75. The molecule has 2 aromatic heterocycles. The smallest absolute Gasteiger partial charge is 0.279 e. The summed E-state index contributed by atoms with van der Waals surface area (Å²) in [6.45, 7) is -0.544. The van der Waals surface area contributed by atoms with Crippen LogP contribution in [0.25, 0.3) is 11.2 Å². The van der Waals surface area contributed by atoms with Crippen LogP contribution in [0.15, 0.2) is 16.3 Å². The maximum Gasteiger partial charge on any atom is 0.279 e. The van der Waals surface area contributed by atoms with E-state index in [1.54, 1.807) is 6.26 Å². The van der Waals surface area contributed by atoms with Crippen molar-refractivity contribution in [2.45, 2.75) is 35.8 Å². The number of aromatic nitrogens is 4. The number of aromatic amines is 1. The van der Waals surface area contributed by atoms with Crippen molar-refractivity contribution in [3.63, 3.8) is 0 Å². The van der Waals surface area contributed by atoms with E-state index in [1.807, 2.05) is 0 Å². The summed E-state index contributed by atoms with van der Waals surface area (Å²) in [5, 5.41) is 39.5. The molecule has 10 nitrogen and oxygen atoms in total. The molecule has 11 heteroatoms. The van der Waals surface area contributed by atoms with Crippen LogP contribution in [0, 0.1) is 0 Å². The van der Waals surface area contributed by atoms with Crippen molar-refractivity contribution >= 4 is 22.9 Å². The van der Waals surface area contributed by atoms with Crippen LogP contribution in [0.5, 0.6) is 0 Å². The first-order valence-electron chi connectivity index (χ1n) is 6.79. The minimum atomic E-state index is -1.52. The lowest BCUT2D eigenvalue weighted by Gasteiger charge is -2.40. The summed E-state index contributed by atoms with van der Waals surface area (Å²) in [6, 6.07) is 0. The Bertz CT molecular complexity index is 762. The van der Waals surface area contributed by atoms with Gasteiger partial charge in [0.1, 0.15) is 24.4 Å². The number of nitrogens with one attached hydrogen (secondary N) is 1. The van der Waals surface area contributed by atoms with Gasteiger partial charge in [-0.25, -0.2) is 9.97 Å². The number of rotatable bonds is 3. The van der Waals surface area contributed by atoms with Gasteiger partial charge in [-0.15, -0.1) is 0 Å². The minimum Gasteiger partial charge on any atom is -0.394 e. The molecule has 1 aliphatic rings. The SMILES string of the molecule is CSc1nc2c(ncn2[C@H]2O[C@@H](CO)[C@@H](O)[C@@H](O)[C@H]2O)c(=O)[nH]1. The van der Waals surface area contributed by atoms with Gasteiger partial charge in [-0.05, 0) is 6.26 Å². The van der Waals surface area contributed by atoms with Crippen LogP contribution in [-0.4, -0.2) is 77.2 Å². The number of thioether (sulfide) groups is 1. The molecule has 5 N–H and O–H groups in total. The van der Waals surface area contributed by atoms with E-state index in [4.69, 9.17) is 4.74 Å². The minimum absolute atomic E-state index is 0.0553. The summed E-state index contributed by atoms with van der Waals surface area (Å²) in [4.78, 5) is 22.7. The monoisotopic (exact) mass is 344 g/mol. The average Bonchev–Trinajstić information content (AvgIpc) is 2.97. The lowest BCUT2D eigenvalue weighted by atomic mass is 9.98. The molecule has 3 rings (SSSR count). The second-order valence-corrected chi connectivity index (χ2v) is 5.91. The maximum atomic E-state index is 12.0. The van der Waals surface area contributed by atoms with Gasteiger partial charge in [0, 0.05) is 0 Å². The molecular formula is C12H16N4O6S. The number of H-pyrrole nitrogens is 1. The maximum absolute atomic E-state index is 12.0. The van der Waals surface area contributed by atoms with E-state index < -0.39 is 42.8 Å². The summed E-state index contributed by atoms with van der Waals surface area (Å²) >= 11 is 1.22. The highest BCUT2D eigenvalue weighted by Crippen LogP contribution is 2.30. The Morgan fingerprint density at radius 3 is 2.74 bits per heavy atom. The number of aliphatic hydroxyl groups excluding tert-OH is 4. The molecule has 0 unspecified atom stereocenters. The van der Waals surface area contributed by atoms with Gasteiger partial charge in [0.2, 0.25) is 0 Å². The number of nitrogens with zero attached hydrogens (tertiary/aromatic N) is 3. The van der Waals surface area contributed by atoms with Crippen LogP contribution in [0.4, 0.5) is 0 Å². The van der Waals surface area contributed by atoms with Crippen LogP contribution >= 0.6 is 11.8 Å². The zero-order valence-electron chi connectivity index (χ0n) is 12.0. The fourth-order valence-corrected chi connectivity index (χ4v) is 2.87. The number of fused-ring (bicyclic) bond motifs is 1. The normalized spacial score (nSPS) is 31.6. The highest BCUT2D eigenvalue weighted by Gasteiger charge is 2.44. The van der Waals surface area contributed by atoms with Gasteiger partial charge < -0.3 is 25.2 Å². The summed E-state index contributed by atoms with van der Waals surface area (Å²) in [5.41, 5.74) is -0.218. The van der Waals surface area contributed by atoms with E-state index in [0.717, 1.165) is 0 Å². The number of hydrogen-bond acceptors (Lipinski definition) is 9. The molecule has 1 aliphatic heterocycles. The van der Waals surface area contributed by atoms with Gasteiger partial charge in [0.15, 0.2) is 22.5 Å². The standard InChI is InChI=1S/C12H16N4O6S/c1-23-12-14-9-5(10(21)15-12)13-3-16(9)11-8(20)7(19)6(18)4(2-17)22-11/h3-4,6-8,11,17-20H,2H2,1H3,(H,14,15,21)/t4-,6+,7+,8+,11-/m0/s1. The van der Waals surface area contributed by atoms with E-state index in [2.05, 4.69) is 15.0 Å². The molecule has 0 aliphatic carbocycles. The van der Waals surface area contributed by atoms with Crippen molar-refractivity contribution in [3.05, 3.63) is 16.7 Å². The molecule has 0 radical (unpaired) electrons. The molecule has 0 amide bonds. The Hall–Kier alpha value is -1.50. The second kappa shape index (κ2) is 6.19. The lowest BCUT2D eigenvalue weighted by molar-refractivity contribution is -0.250. The van der Waals surface area contributed by atoms with E-state index >= 15 is 0 Å². The van der Waals surface area contributed by atoms with Crippen LogP contribution in [0.3, 0.4) is 0 Å². The van der Waals surface area contributed by atoms with Crippen molar-refractivity contribution < 1.29 is 25.2 Å². The highest BCUT2D eigenvalue weighted by molar-refractivity contribution is 7.98. The molecule has 2 aromatic rings. The highest BCUT2D eigenvalue weighted by atomic mass is 32.2. The van der Waals surface area contributed by atoms with Gasteiger partial charge in [-0.3, -0.25) is 14.3 Å². The van der Waals surface area contributed by atoms with Crippen LogP contribution < -0.4 is 5.56 Å². The molecule has 126 valence electrons. The van der Waals surface area contributed by atoms with E-state index in [1.165, 1.54) is 22.7 Å². The first-order valence-corrected chi connectivity index (χ1v) is 8.01. The Morgan fingerprint density at radius 1 is 1.35 bits per heavy atom. The van der Waals surface area contributed by atoms with Crippen LogP contribution in [0.1, 0.15) is 6.23 Å². The van der Waals surface area contributed by atoms with Crippen LogP contribution in [0.2, 0.25) is 0 Å². The second-order valence-electron chi connectivity index (χ2n) is 5.12. The number of ether oxygens (including phenoxy) is 1. The average molecular weight is 344 g/mol. The van der Waals surface area contributed by atoms with E-state index in [0.29, 0.717) is 5.16 Å². The third kappa shape index (κ3) is 2.65. The van der Waals surface area contributed by atoms with Crippen molar-refractivity contribution in [2.75, 3.05) is 12.9 Å². The molecule has 0 saturated carbocycles. The molecule has 3 heterocycles. The van der Waals surface area contributed by atoms with Crippen molar-refractivity contribution in [3.8, 4) is 0 Å². The van der Waals surface area contributed by atoms with E-state index in [9.17, 15) is 25.2 Å². The first kappa shape index (κ1) is 16.4. The Balaban J connectivity index is 2.08. The van der Waals surface area contributed by atoms with Crippen molar-refractivity contribution in [2.24, 2.45) is 0 Å². The molecule has 0 aromatic carbocycles. The molecular weight excluding hydrogens is 328 g/mol. The van der Waals surface area contributed by atoms with Crippen molar-refractivity contribution in [1.82, 2.24) is 19.5 Å². The predicted molar refractivity (Wildman–Crippen MR) is 78.9 cm³/mol. The van der Waals surface area contributed by atoms with E-state index in [-0.39, 0.29) is 11.2 Å². The van der Waals surface area contributed by atoms with Gasteiger partial charge >= 0.3 is 0 Å². The molecule has 1 fully saturated rings. The zero-order valence-corrected chi connectivity index (χ0v) is 12.8. The molecule has 1 saturated heterocycles.